The molecule has 1 atom stereocenters. The predicted octanol–water partition coefficient (Wildman–Crippen LogP) is 5.78. The minimum Gasteiger partial charge on any atom is -0.550 e. The lowest BCUT2D eigenvalue weighted by Gasteiger charge is -2.08. The van der Waals surface area contributed by atoms with E-state index in [9.17, 15) is 24.6 Å². The Morgan fingerprint density at radius 1 is 0.537 bits per heavy atom. The third-order valence-corrected chi connectivity index (χ3v) is 6.60. The number of hydrogen-bond acceptors (Lipinski definition) is 8. The van der Waals surface area contributed by atoms with Gasteiger partial charge in [-0.15, -0.1) is 0 Å². The Morgan fingerprint density at radius 3 is 1.12 bits per heavy atom. The average molecular weight is 589 g/mol. The predicted molar refractivity (Wildman–Crippen MR) is 162 cm³/mol. The number of carboxylic acid groups (broad SMARTS) is 2. The number of unbranched alkanes of at least 4 members (excludes halogenated alkanes) is 18. The van der Waals surface area contributed by atoms with Gasteiger partial charge in [0.25, 0.3) is 0 Å². The maximum Gasteiger partial charge on any atom is 0.305 e. The van der Waals surface area contributed by atoms with Gasteiger partial charge in [0, 0.05) is 18.4 Å². The standard InChI is InChI=1S/C13H26O4.2C10H20O2/c1-2-3-4-5-6-7-8-9-13(16)17-11-12(15)10-14;2*1-2-3-4-5-6-7-8-9-10(11)12/h12,14-15H,2-11H2,1H3;2*2-9H2,1H3,(H,11,12)/p-2. The van der Waals surface area contributed by atoms with E-state index in [4.69, 9.17) is 14.9 Å². The molecule has 1 unspecified atom stereocenters. The van der Waals surface area contributed by atoms with Crippen molar-refractivity contribution in [2.24, 2.45) is 0 Å². The highest BCUT2D eigenvalue weighted by Crippen LogP contribution is 2.10. The van der Waals surface area contributed by atoms with Gasteiger partial charge in [-0.25, -0.2) is 0 Å². The van der Waals surface area contributed by atoms with Crippen molar-refractivity contribution in [2.45, 2.75) is 181 Å². The number of aliphatic carboxylic acids is 2. The maximum atomic E-state index is 11.2. The second-order valence-electron chi connectivity index (χ2n) is 10.9. The summed E-state index contributed by atoms with van der Waals surface area (Å²) < 4.78 is 4.79. The SMILES string of the molecule is CCCCCCCCCC(=O)OCC(O)CO.CCCCCCCCCC(=O)[O-].CCCCCCCCCC(=O)[O-]. The second-order valence-corrected chi connectivity index (χ2v) is 10.9. The number of aliphatic hydroxyl groups is 2. The van der Waals surface area contributed by atoms with Crippen LogP contribution in [-0.2, 0) is 19.1 Å². The second kappa shape index (κ2) is 38.3. The van der Waals surface area contributed by atoms with Gasteiger partial charge < -0.3 is 34.8 Å². The van der Waals surface area contributed by atoms with Crippen LogP contribution in [0.3, 0.4) is 0 Å². The highest BCUT2D eigenvalue weighted by atomic mass is 16.5. The first kappa shape index (κ1) is 43.8. The summed E-state index contributed by atoms with van der Waals surface area (Å²) in [4.78, 5) is 31.2. The Morgan fingerprint density at radius 2 is 0.829 bits per heavy atom. The highest BCUT2D eigenvalue weighted by molar-refractivity contribution is 5.69. The zero-order chi connectivity index (χ0) is 31.4. The first-order chi connectivity index (χ1) is 19.7. The largest absolute Gasteiger partial charge is 0.550 e. The molecular formula is C33H64O8-2. The normalized spacial score (nSPS) is 11.0. The van der Waals surface area contributed by atoms with Gasteiger partial charge in [0.15, 0.2) is 0 Å². The molecule has 0 aliphatic heterocycles. The van der Waals surface area contributed by atoms with Gasteiger partial charge in [-0.05, 0) is 32.1 Å². The van der Waals surface area contributed by atoms with Gasteiger partial charge in [0.2, 0.25) is 0 Å². The van der Waals surface area contributed by atoms with Crippen LogP contribution >= 0.6 is 0 Å². The van der Waals surface area contributed by atoms with Crippen molar-refractivity contribution in [3.8, 4) is 0 Å². The molecule has 0 fully saturated rings. The molecule has 0 aromatic rings. The van der Waals surface area contributed by atoms with Crippen molar-refractivity contribution < 1.29 is 39.5 Å². The van der Waals surface area contributed by atoms with Crippen molar-refractivity contribution in [1.29, 1.82) is 0 Å². The van der Waals surface area contributed by atoms with Gasteiger partial charge in [-0.2, -0.15) is 0 Å². The lowest BCUT2D eigenvalue weighted by molar-refractivity contribution is -0.307. The molecule has 0 bridgehead atoms. The van der Waals surface area contributed by atoms with E-state index in [0.717, 1.165) is 38.5 Å². The van der Waals surface area contributed by atoms with Gasteiger partial charge in [0.05, 0.1) is 6.61 Å². The molecule has 0 aliphatic rings. The maximum absolute atomic E-state index is 11.2. The van der Waals surface area contributed by atoms with E-state index in [1.54, 1.807) is 0 Å². The van der Waals surface area contributed by atoms with Crippen LogP contribution in [0.1, 0.15) is 175 Å². The molecule has 41 heavy (non-hydrogen) atoms. The Hall–Kier alpha value is -1.67. The molecule has 0 aromatic heterocycles. The van der Waals surface area contributed by atoms with Crippen LogP contribution in [0.4, 0.5) is 0 Å². The highest BCUT2D eigenvalue weighted by Gasteiger charge is 2.07. The lowest BCUT2D eigenvalue weighted by Crippen LogP contribution is -2.21. The van der Waals surface area contributed by atoms with Crippen LogP contribution in [0.15, 0.2) is 0 Å². The third kappa shape index (κ3) is 48.4. The number of carbonyl (C=O) groups is 3. The summed E-state index contributed by atoms with van der Waals surface area (Å²) in [7, 11) is 0. The topological polar surface area (TPSA) is 147 Å². The summed E-state index contributed by atoms with van der Waals surface area (Å²) >= 11 is 0. The molecule has 8 heteroatoms. The Labute approximate surface area is 251 Å². The fraction of sp³-hybridized carbons (Fsp3) is 0.909. The molecular weight excluding hydrogens is 524 g/mol. The smallest absolute Gasteiger partial charge is 0.305 e. The summed E-state index contributed by atoms with van der Waals surface area (Å²) in [5.74, 6) is -2.11. The number of carboxylic acids is 2. The average Bonchev–Trinajstić information content (AvgIpc) is 2.95. The zero-order valence-corrected chi connectivity index (χ0v) is 26.8. The summed E-state index contributed by atoms with van der Waals surface area (Å²) in [6, 6.07) is 0. The van der Waals surface area contributed by atoms with Crippen LogP contribution in [-0.4, -0.2) is 47.4 Å². The quantitative estimate of drug-likeness (QED) is 0.0907. The fourth-order valence-electron chi connectivity index (χ4n) is 3.99. The van der Waals surface area contributed by atoms with Crippen molar-refractivity contribution in [3.63, 3.8) is 0 Å². The van der Waals surface area contributed by atoms with Gasteiger partial charge in [-0.3, -0.25) is 4.79 Å². The van der Waals surface area contributed by atoms with Crippen LogP contribution in [0.2, 0.25) is 0 Å². The van der Waals surface area contributed by atoms with E-state index in [1.165, 1.54) is 96.3 Å². The summed E-state index contributed by atoms with van der Waals surface area (Å²) in [6.45, 7) is 6.10. The van der Waals surface area contributed by atoms with Gasteiger partial charge in [0.1, 0.15) is 12.7 Å². The number of rotatable bonds is 27. The molecule has 0 saturated carbocycles. The summed E-state index contributed by atoms with van der Waals surface area (Å²) in [5, 5.41) is 37.5. The van der Waals surface area contributed by atoms with Crippen LogP contribution in [0, 0.1) is 0 Å². The van der Waals surface area contributed by atoms with E-state index >= 15 is 0 Å². The molecule has 0 saturated heterocycles. The molecule has 0 aromatic carbocycles. The first-order valence-corrected chi connectivity index (χ1v) is 16.6. The van der Waals surface area contributed by atoms with Crippen LogP contribution in [0.25, 0.3) is 0 Å². The van der Waals surface area contributed by atoms with E-state index in [1.807, 2.05) is 0 Å². The van der Waals surface area contributed by atoms with E-state index in [-0.39, 0.29) is 32.0 Å². The summed E-state index contributed by atoms with van der Waals surface area (Å²) in [5.41, 5.74) is 0. The Kier molecular flexibility index (Phi) is 40.9. The van der Waals surface area contributed by atoms with Crippen molar-refractivity contribution in [2.75, 3.05) is 13.2 Å². The van der Waals surface area contributed by atoms with E-state index < -0.39 is 18.0 Å². The molecule has 246 valence electrons. The minimum atomic E-state index is -0.951. The number of ether oxygens (including phenoxy) is 1. The molecule has 0 heterocycles. The van der Waals surface area contributed by atoms with Crippen LogP contribution < -0.4 is 10.2 Å². The molecule has 0 amide bonds. The van der Waals surface area contributed by atoms with Crippen LogP contribution in [0.5, 0.6) is 0 Å². The lowest BCUT2D eigenvalue weighted by atomic mass is 10.1. The molecule has 8 nitrogen and oxygen atoms in total. The molecule has 0 rings (SSSR count). The molecule has 0 radical (unpaired) electrons. The van der Waals surface area contributed by atoms with Crippen molar-refractivity contribution in [1.82, 2.24) is 0 Å². The molecule has 0 spiro atoms. The number of carbonyl (C=O) groups excluding carboxylic acids is 3. The Bertz CT molecular complexity index is 525. The third-order valence-electron chi connectivity index (χ3n) is 6.60. The van der Waals surface area contributed by atoms with Crippen molar-refractivity contribution >= 4 is 17.9 Å². The number of aliphatic hydroxyl groups excluding tert-OH is 2. The minimum absolute atomic E-state index is 0.105. The van der Waals surface area contributed by atoms with E-state index in [0.29, 0.717) is 6.42 Å². The van der Waals surface area contributed by atoms with Gasteiger partial charge >= 0.3 is 5.97 Å². The van der Waals surface area contributed by atoms with E-state index in [2.05, 4.69) is 20.8 Å². The number of esters is 1. The Balaban J connectivity index is -0.000000542. The monoisotopic (exact) mass is 588 g/mol. The number of hydrogen-bond donors (Lipinski definition) is 2. The first-order valence-electron chi connectivity index (χ1n) is 16.6. The molecule has 0 aliphatic carbocycles. The fourth-order valence-corrected chi connectivity index (χ4v) is 3.99. The zero-order valence-electron chi connectivity index (χ0n) is 26.8. The van der Waals surface area contributed by atoms with Crippen molar-refractivity contribution in [3.05, 3.63) is 0 Å². The molecule has 2 N–H and O–H groups in total. The summed E-state index contributed by atoms with van der Waals surface area (Å²) in [6.07, 6.45) is 24.3. The van der Waals surface area contributed by atoms with Gasteiger partial charge in [-0.1, -0.05) is 136 Å².